The van der Waals surface area contributed by atoms with Crippen LogP contribution in [0.5, 0.6) is 5.75 Å². The molecule has 1 rings (SSSR count). The quantitative estimate of drug-likeness (QED) is 0.721. The molecule has 1 aromatic rings. The van der Waals surface area contributed by atoms with Crippen molar-refractivity contribution in [3.05, 3.63) is 29.8 Å². The summed E-state index contributed by atoms with van der Waals surface area (Å²) in [5, 5.41) is 9.03. The molecule has 0 bridgehead atoms. The van der Waals surface area contributed by atoms with Crippen LogP contribution in [0.15, 0.2) is 24.3 Å². The van der Waals surface area contributed by atoms with Gasteiger partial charge >= 0.3 is 0 Å². The van der Waals surface area contributed by atoms with Gasteiger partial charge < -0.3 is 10.8 Å². The summed E-state index contributed by atoms with van der Waals surface area (Å²) < 4.78 is 0. The van der Waals surface area contributed by atoms with Crippen LogP contribution in [0.4, 0.5) is 0 Å². The maximum absolute atomic E-state index is 9.03. The molecular formula is C10H15NO. The fourth-order valence-corrected chi connectivity index (χ4v) is 1.20. The molecule has 0 amide bonds. The Morgan fingerprint density at radius 2 is 1.92 bits per heavy atom. The zero-order valence-electron chi connectivity index (χ0n) is 7.33. The molecule has 0 aliphatic rings. The van der Waals surface area contributed by atoms with Crippen molar-refractivity contribution in [1.29, 1.82) is 0 Å². The van der Waals surface area contributed by atoms with Crippen molar-refractivity contribution in [2.24, 2.45) is 5.73 Å². The molecule has 66 valence electrons. The molecule has 0 fully saturated rings. The Hall–Kier alpha value is -1.02. The lowest BCUT2D eigenvalue weighted by Gasteiger charge is -2.09. The van der Waals surface area contributed by atoms with Gasteiger partial charge in [-0.15, -0.1) is 0 Å². The largest absolute Gasteiger partial charge is 0.508 e. The Labute approximate surface area is 73.0 Å². The number of nitrogens with two attached hydrogens (primary N) is 1. The van der Waals surface area contributed by atoms with Gasteiger partial charge in [-0.25, -0.2) is 0 Å². The maximum Gasteiger partial charge on any atom is 0.115 e. The molecule has 0 aliphatic carbocycles. The molecule has 1 atom stereocenters. The third-order valence-corrected chi connectivity index (χ3v) is 1.92. The molecule has 2 heteroatoms. The second-order valence-electron chi connectivity index (χ2n) is 2.99. The number of aromatic hydroxyl groups is 1. The first-order valence-electron chi connectivity index (χ1n) is 4.28. The SMILES string of the molecule is CCC[C@@H](N)c1ccc(O)cc1. The predicted molar refractivity (Wildman–Crippen MR) is 49.9 cm³/mol. The number of hydrogen-bond acceptors (Lipinski definition) is 2. The highest BCUT2D eigenvalue weighted by Gasteiger charge is 2.03. The summed E-state index contributed by atoms with van der Waals surface area (Å²) in [5.41, 5.74) is 6.97. The first-order valence-corrected chi connectivity index (χ1v) is 4.28. The molecule has 0 aliphatic heterocycles. The molecule has 0 saturated carbocycles. The second kappa shape index (κ2) is 4.12. The van der Waals surface area contributed by atoms with Gasteiger partial charge in [-0.05, 0) is 24.1 Å². The third-order valence-electron chi connectivity index (χ3n) is 1.92. The fraction of sp³-hybridized carbons (Fsp3) is 0.400. The van der Waals surface area contributed by atoms with Gasteiger partial charge in [-0.1, -0.05) is 25.5 Å². The van der Waals surface area contributed by atoms with Gasteiger partial charge in [0.15, 0.2) is 0 Å². The summed E-state index contributed by atoms with van der Waals surface area (Å²) in [6.07, 6.45) is 2.08. The Bertz CT molecular complexity index is 230. The zero-order chi connectivity index (χ0) is 8.97. The van der Waals surface area contributed by atoms with E-state index in [1.165, 1.54) is 0 Å². The van der Waals surface area contributed by atoms with Crippen LogP contribution < -0.4 is 5.73 Å². The minimum absolute atomic E-state index is 0.107. The predicted octanol–water partition coefficient (Wildman–Crippen LogP) is 2.19. The van der Waals surface area contributed by atoms with Crippen LogP contribution in [0.3, 0.4) is 0 Å². The number of rotatable bonds is 3. The Balaban J connectivity index is 2.68. The van der Waals surface area contributed by atoms with Gasteiger partial charge in [0.1, 0.15) is 5.75 Å². The molecule has 2 nitrogen and oxygen atoms in total. The normalized spacial score (nSPS) is 12.8. The number of hydrogen-bond donors (Lipinski definition) is 2. The average Bonchev–Trinajstić information content (AvgIpc) is 2.06. The van der Waals surface area contributed by atoms with Crippen LogP contribution in [0, 0.1) is 0 Å². The summed E-state index contributed by atoms with van der Waals surface area (Å²) in [6, 6.07) is 7.19. The molecule has 0 heterocycles. The summed E-state index contributed by atoms with van der Waals surface area (Å²) in [4.78, 5) is 0. The molecule has 0 saturated heterocycles. The van der Waals surface area contributed by atoms with Crippen LogP contribution in [0.1, 0.15) is 31.4 Å². The summed E-state index contributed by atoms with van der Waals surface area (Å²) in [5.74, 6) is 0.294. The van der Waals surface area contributed by atoms with Gasteiger partial charge in [0.2, 0.25) is 0 Å². The first-order chi connectivity index (χ1) is 5.74. The van der Waals surface area contributed by atoms with Crippen molar-refractivity contribution in [3.8, 4) is 5.75 Å². The smallest absolute Gasteiger partial charge is 0.115 e. The highest BCUT2D eigenvalue weighted by atomic mass is 16.3. The van der Waals surface area contributed by atoms with Crippen molar-refractivity contribution in [3.63, 3.8) is 0 Å². The molecule has 0 spiro atoms. The molecule has 0 aromatic heterocycles. The lowest BCUT2D eigenvalue weighted by Crippen LogP contribution is -2.09. The van der Waals surface area contributed by atoms with E-state index < -0.39 is 0 Å². The number of phenols is 1. The summed E-state index contributed by atoms with van der Waals surface area (Å²) in [7, 11) is 0. The second-order valence-corrected chi connectivity index (χ2v) is 2.99. The van der Waals surface area contributed by atoms with E-state index in [-0.39, 0.29) is 6.04 Å². The highest BCUT2D eigenvalue weighted by Crippen LogP contribution is 2.18. The van der Waals surface area contributed by atoms with Gasteiger partial charge in [0.25, 0.3) is 0 Å². The Kier molecular flexibility index (Phi) is 3.11. The van der Waals surface area contributed by atoms with Crippen LogP contribution >= 0.6 is 0 Å². The Morgan fingerprint density at radius 1 is 1.33 bits per heavy atom. The van der Waals surface area contributed by atoms with E-state index in [1.807, 2.05) is 12.1 Å². The van der Waals surface area contributed by atoms with Gasteiger partial charge in [0, 0.05) is 6.04 Å². The van der Waals surface area contributed by atoms with Crippen molar-refractivity contribution in [2.45, 2.75) is 25.8 Å². The van der Waals surface area contributed by atoms with Crippen LogP contribution in [0.2, 0.25) is 0 Å². The van der Waals surface area contributed by atoms with E-state index in [0.29, 0.717) is 5.75 Å². The minimum Gasteiger partial charge on any atom is -0.508 e. The monoisotopic (exact) mass is 165 g/mol. The number of benzene rings is 1. The van der Waals surface area contributed by atoms with Crippen molar-refractivity contribution >= 4 is 0 Å². The first kappa shape index (κ1) is 9.07. The fourth-order valence-electron chi connectivity index (χ4n) is 1.20. The highest BCUT2D eigenvalue weighted by molar-refractivity contribution is 5.27. The van der Waals surface area contributed by atoms with Gasteiger partial charge in [-0.3, -0.25) is 0 Å². The van der Waals surface area contributed by atoms with E-state index in [9.17, 15) is 0 Å². The van der Waals surface area contributed by atoms with Crippen molar-refractivity contribution < 1.29 is 5.11 Å². The average molecular weight is 165 g/mol. The van der Waals surface area contributed by atoms with E-state index in [1.54, 1.807) is 12.1 Å². The lowest BCUT2D eigenvalue weighted by molar-refractivity contribution is 0.474. The summed E-state index contributed by atoms with van der Waals surface area (Å²) in [6.45, 7) is 2.11. The van der Waals surface area contributed by atoms with Gasteiger partial charge in [-0.2, -0.15) is 0 Å². The lowest BCUT2D eigenvalue weighted by atomic mass is 10.0. The standard InChI is InChI=1S/C10H15NO/c1-2-3-10(11)8-4-6-9(12)7-5-8/h4-7,10,12H,2-3,11H2,1H3/t10-/m1/s1. The van der Waals surface area contributed by atoms with E-state index in [2.05, 4.69) is 6.92 Å². The van der Waals surface area contributed by atoms with Crippen LogP contribution in [-0.4, -0.2) is 5.11 Å². The molecule has 3 N–H and O–H groups in total. The maximum atomic E-state index is 9.03. The molecule has 1 aromatic carbocycles. The van der Waals surface area contributed by atoms with Crippen molar-refractivity contribution in [1.82, 2.24) is 0 Å². The Morgan fingerprint density at radius 3 is 2.42 bits per heavy atom. The molecule has 0 radical (unpaired) electrons. The van der Waals surface area contributed by atoms with Gasteiger partial charge in [0.05, 0.1) is 0 Å². The molecule has 0 unspecified atom stereocenters. The third kappa shape index (κ3) is 2.24. The van der Waals surface area contributed by atoms with Crippen LogP contribution in [-0.2, 0) is 0 Å². The molecular weight excluding hydrogens is 150 g/mol. The molecule has 12 heavy (non-hydrogen) atoms. The van der Waals surface area contributed by atoms with E-state index >= 15 is 0 Å². The minimum atomic E-state index is 0.107. The van der Waals surface area contributed by atoms with Crippen molar-refractivity contribution in [2.75, 3.05) is 0 Å². The zero-order valence-corrected chi connectivity index (χ0v) is 7.33. The number of phenolic OH excluding ortho intramolecular Hbond substituents is 1. The summed E-state index contributed by atoms with van der Waals surface area (Å²) >= 11 is 0. The van der Waals surface area contributed by atoms with E-state index in [4.69, 9.17) is 10.8 Å². The van der Waals surface area contributed by atoms with Crippen LogP contribution in [0.25, 0.3) is 0 Å². The topological polar surface area (TPSA) is 46.2 Å². The van der Waals surface area contributed by atoms with E-state index in [0.717, 1.165) is 18.4 Å².